The third-order valence-corrected chi connectivity index (χ3v) is 7.06. The van der Waals surface area contributed by atoms with Gasteiger partial charge in [-0.1, -0.05) is 39.3 Å². The molecule has 1 amide bonds. The van der Waals surface area contributed by atoms with Crippen LogP contribution in [-0.4, -0.2) is 72.6 Å². The van der Waals surface area contributed by atoms with E-state index in [2.05, 4.69) is 25.7 Å². The number of nitrogens with zero attached hydrogens (tertiary/aromatic N) is 2. The molecular formula is C30H38N2O6. The predicted molar refractivity (Wildman–Crippen MR) is 146 cm³/mol. The molecule has 4 rings (SSSR count). The van der Waals surface area contributed by atoms with Crippen LogP contribution in [0.4, 0.5) is 0 Å². The Kier molecular flexibility index (Phi) is 9.29. The zero-order valence-corrected chi connectivity index (χ0v) is 22.6. The maximum Gasteiger partial charge on any atom is 0.295 e. The van der Waals surface area contributed by atoms with E-state index in [1.54, 1.807) is 23.1 Å². The fraction of sp³-hybridized carbons (Fsp3) is 0.467. The van der Waals surface area contributed by atoms with Gasteiger partial charge in [0.05, 0.1) is 18.2 Å². The van der Waals surface area contributed by atoms with E-state index in [1.807, 2.05) is 24.3 Å². The topological polar surface area (TPSA) is 88.5 Å². The number of hydrogen-bond donors (Lipinski definition) is 1. The van der Waals surface area contributed by atoms with Crippen LogP contribution >= 0.6 is 0 Å². The first-order valence-electron chi connectivity index (χ1n) is 13.6. The van der Waals surface area contributed by atoms with Gasteiger partial charge in [-0.3, -0.25) is 9.59 Å². The van der Waals surface area contributed by atoms with Gasteiger partial charge in [0.15, 0.2) is 11.5 Å². The zero-order valence-electron chi connectivity index (χ0n) is 22.6. The van der Waals surface area contributed by atoms with Gasteiger partial charge in [-0.05, 0) is 68.4 Å². The molecule has 2 aromatic carbocycles. The molecule has 1 saturated heterocycles. The fourth-order valence-electron chi connectivity index (χ4n) is 4.92. The predicted octanol–water partition coefficient (Wildman–Crippen LogP) is 4.79. The summed E-state index contributed by atoms with van der Waals surface area (Å²) in [5, 5.41) is 11.4. The van der Waals surface area contributed by atoms with Gasteiger partial charge in [0, 0.05) is 12.1 Å². The molecule has 0 saturated carbocycles. The van der Waals surface area contributed by atoms with Crippen LogP contribution in [0.25, 0.3) is 5.76 Å². The second kappa shape index (κ2) is 12.8. The Morgan fingerprint density at radius 3 is 2.53 bits per heavy atom. The van der Waals surface area contributed by atoms with Crippen molar-refractivity contribution in [2.75, 3.05) is 46.0 Å². The number of likely N-dealkylation sites (tertiary alicyclic amines) is 1. The number of carbonyl (C=O) groups excluding carboxylic acids is 2. The Morgan fingerprint density at radius 1 is 1.03 bits per heavy atom. The number of benzene rings is 2. The van der Waals surface area contributed by atoms with E-state index in [1.165, 1.54) is 0 Å². The Labute approximate surface area is 224 Å². The summed E-state index contributed by atoms with van der Waals surface area (Å²) in [6, 6.07) is 11.8. The van der Waals surface area contributed by atoms with Crippen molar-refractivity contribution in [2.45, 2.75) is 46.1 Å². The maximum absolute atomic E-state index is 13.4. The minimum atomic E-state index is -0.727. The van der Waals surface area contributed by atoms with Gasteiger partial charge >= 0.3 is 0 Å². The second-order valence-corrected chi connectivity index (χ2v) is 9.51. The summed E-state index contributed by atoms with van der Waals surface area (Å²) in [5.74, 6) is 0.223. The first kappa shape index (κ1) is 27.5. The summed E-state index contributed by atoms with van der Waals surface area (Å²) < 4.78 is 17.2. The van der Waals surface area contributed by atoms with Crippen LogP contribution in [0.3, 0.4) is 0 Å². The van der Waals surface area contributed by atoms with Gasteiger partial charge < -0.3 is 29.1 Å². The fourth-order valence-corrected chi connectivity index (χ4v) is 4.92. The number of unbranched alkanes of at least 4 members (excludes halogenated alkanes) is 1. The molecular weight excluding hydrogens is 484 g/mol. The number of ketones is 1. The van der Waals surface area contributed by atoms with E-state index in [9.17, 15) is 14.7 Å². The third-order valence-electron chi connectivity index (χ3n) is 7.06. The van der Waals surface area contributed by atoms with Crippen LogP contribution in [-0.2, 0) is 9.59 Å². The second-order valence-electron chi connectivity index (χ2n) is 9.51. The van der Waals surface area contributed by atoms with Crippen molar-refractivity contribution in [3.63, 3.8) is 0 Å². The minimum Gasteiger partial charge on any atom is -0.507 e. The van der Waals surface area contributed by atoms with Crippen molar-refractivity contribution in [1.82, 2.24) is 9.80 Å². The molecule has 0 bridgehead atoms. The van der Waals surface area contributed by atoms with Crippen LogP contribution in [0.1, 0.15) is 57.2 Å². The third kappa shape index (κ3) is 5.96. The molecule has 2 aliphatic heterocycles. The molecule has 0 unspecified atom stereocenters. The monoisotopic (exact) mass is 522 g/mol. The average molecular weight is 523 g/mol. The van der Waals surface area contributed by atoms with Crippen molar-refractivity contribution in [2.24, 2.45) is 0 Å². The molecule has 0 aliphatic carbocycles. The quantitative estimate of drug-likeness (QED) is 0.186. The highest BCUT2D eigenvalue weighted by atomic mass is 16.6. The standard InChI is InChI=1S/C30H38N2O6/c1-4-7-16-36-23-11-8-10-21(19-23)27-26(28(33)22-12-13-24-25(20-22)38-18-17-37-24)29(34)30(35)32(27)15-9-14-31(5-2)6-3/h8,10-13,19-20,27,33H,4-7,9,14-18H2,1-3H3/t27-/m0/s1. The number of amides is 1. The molecule has 0 spiro atoms. The van der Waals surface area contributed by atoms with Crippen LogP contribution in [0.15, 0.2) is 48.0 Å². The number of ether oxygens (including phenoxy) is 3. The molecule has 204 valence electrons. The maximum atomic E-state index is 13.4. The highest BCUT2D eigenvalue weighted by molar-refractivity contribution is 6.46. The van der Waals surface area contributed by atoms with E-state index in [0.717, 1.165) is 38.0 Å². The van der Waals surface area contributed by atoms with Gasteiger partial charge in [0.2, 0.25) is 0 Å². The van der Waals surface area contributed by atoms with Crippen LogP contribution in [0.2, 0.25) is 0 Å². The molecule has 0 radical (unpaired) electrons. The zero-order chi connectivity index (χ0) is 27.1. The smallest absolute Gasteiger partial charge is 0.295 e. The average Bonchev–Trinajstić information content (AvgIpc) is 3.20. The molecule has 2 heterocycles. The number of Topliss-reactive ketones (excluding diaryl/α,β-unsaturated/α-hetero) is 1. The van der Waals surface area contributed by atoms with E-state index in [4.69, 9.17) is 14.2 Å². The van der Waals surface area contributed by atoms with E-state index in [0.29, 0.717) is 55.6 Å². The highest BCUT2D eigenvalue weighted by Gasteiger charge is 2.46. The van der Waals surface area contributed by atoms with Gasteiger partial charge in [-0.25, -0.2) is 0 Å². The van der Waals surface area contributed by atoms with Gasteiger partial charge in [-0.2, -0.15) is 0 Å². The molecule has 2 aromatic rings. The van der Waals surface area contributed by atoms with Crippen molar-refractivity contribution in [3.05, 3.63) is 59.2 Å². The first-order valence-corrected chi connectivity index (χ1v) is 13.6. The Bertz CT molecular complexity index is 1170. The van der Waals surface area contributed by atoms with Crippen LogP contribution in [0.5, 0.6) is 17.2 Å². The number of hydrogen-bond acceptors (Lipinski definition) is 7. The Hall–Kier alpha value is -3.52. The van der Waals surface area contributed by atoms with E-state index >= 15 is 0 Å². The van der Waals surface area contributed by atoms with Crippen molar-refractivity contribution in [3.8, 4) is 17.2 Å². The number of aliphatic hydroxyl groups excluding tert-OH is 1. The van der Waals surface area contributed by atoms with Crippen molar-refractivity contribution in [1.29, 1.82) is 0 Å². The van der Waals surface area contributed by atoms with E-state index < -0.39 is 17.7 Å². The molecule has 1 fully saturated rings. The SMILES string of the molecule is CCCCOc1cccc([C@H]2C(=C(O)c3ccc4c(c3)OCCO4)C(=O)C(=O)N2CCCN(CC)CC)c1. The van der Waals surface area contributed by atoms with E-state index in [-0.39, 0.29) is 11.3 Å². The summed E-state index contributed by atoms with van der Waals surface area (Å²) in [6.45, 7) is 10.8. The largest absolute Gasteiger partial charge is 0.507 e. The summed E-state index contributed by atoms with van der Waals surface area (Å²) >= 11 is 0. The number of aliphatic hydroxyl groups is 1. The molecule has 8 heteroatoms. The first-order chi connectivity index (χ1) is 18.5. The minimum absolute atomic E-state index is 0.0697. The molecule has 0 aromatic heterocycles. The number of carbonyl (C=O) groups is 2. The lowest BCUT2D eigenvalue weighted by molar-refractivity contribution is -0.140. The normalized spacial score (nSPS) is 18.3. The summed E-state index contributed by atoms with van der Waals surface area (Å²) in [4.78, 5) is 30.6. The molecule has 8 nitrogen and oxygen atoms in total. The van der Waals surface area contributed by atoms with Crippen LogP contribution < -0.4 is 14.2 Å². The lowest BCUT2D eigenvalue weighted by Gasteiger charge is -2.27. The van der Waals surface area contributed by atoms with Crippen LogP contribution in [0, 0.1) is 0 Å². The lowest BCUT2D eigenvalue weighted by atomic mass is 9.95. The van der Waals surface area contributed by atoms with Crippen molar-refractivity contribution < 1.29 is 28.9 Å². The summed E-state index contributed by atoms with van der Waals surface area (Å²) in [7, 11) is 0. The molecule has 1 atom stereocenters. The summed E-state index contributed by atoms with van der Waals surface area (Å²) in [6.07, 6.45) is 2.65. The molecule has 2 aliphatic rings. The van der Waals surface area contributed by atoms with Gasteiger partial charge in [0.25, 0.3) is 11.7 Å². The highest BCUT2D eigenvalue weighted by Crippen LogP contribution is 2.41. The molecule has 1 N–H and O–H groups in total. The summed E-state index contributed by atoms with van der Waals surface area (Å²) in [5.41, 5.74) is 1.19. The number of fused-ring (bicyclic) bond motifs is 1. The molecule has 38 heavy (non-hydrogen) atoms. The van der Waals surface area contributed by atoms with Gasteiger partial charge in [-0.15, -0.1) is 0 Å². The lowest BCUT2D eigenvalue weighted by Crippen LogP contribution is -2.33. The van der Waals surface area contributed by atoms with Crippen molar-refractivity contribution >= 4 is 17.4 Å². The Morgan fingerprint density at radius 2 is 1.79 bits per heavy atom. The number of rotatable bonds is 12. The Balaban J connectivity index is 1.72. The van der Waals surface area contributed by atoms with Gasteiger partial charge in [0.1, 0.15) is 24.7 Å².